The standard InChI is InChI=1S/C16H16Br2O3/c1-9-10(4-11(17)6-14(9)18)5-13-15(19)7-12(20-2)8-16(13)21-3/h4,6-8,19H,5H2,1-3H3. The molecule has 0 spiro atoms. The van der Waals surface area contributed by atoms with Crippen molar-refractivity contribution in [2.75, 3.05) is 14.2 Å². The number of aromatic hydroxyl groups is 1. The number of phenols is 1. The Hall–Kier alpha value is -1.20. The van der Waals surface area contributed by atoms with E-state index >= 15 is 0 Å². The Bertz CT molecular complexity index is 669. The minimum Gasteiger partial charge on any atom is -0.507 e. The minimum absolute atomic E-state index is 0.168. The van der Waals surface area contributed by atoms with Gasteiger partial charge < -0.3 is 14.6 Å². The molecule has 2 aromatic carbocycles. The molecule has 0 aliphatic rings. The maximum atomic E-state index is 10.2. The van der Waals surface area contributed by atoms with Gasteiger partial charge in [0.15, 0.2) is 0 Å². The van der Waals surface area contributed by atoms with Gasteiger partial charge in [-0.1, -0.05) is 31.9 Å². The summed E-state index contributed by atoms with van der Waals surface area (Å²) in [5.74, 6) is 1.35. The quantitative estimate of drug-likeness (QED) is 0.776. The second-order valence-corrected chi connectivity index (χ2v) is 6.45. The van der Waals surface area contributed by atoms with Crippen LogP contribution in [0.15, 0.2) is 33.2 Å². The Morgan fingerprint density at radius 1 is 1.05 bits per heavy atom. The third-order valence-electron chi connectivity index (χ3n) is 3.40. The van der Waals surface area contributed by atoms with E-state index in [1.54, 1.807) is 26.4 Å². The van der Waals surface area contributed by atoms with Crippen LogP contribution in [0.5, 0.6) is 17.2 Å². The van der Waals surface area contributed by atoms with Crippen LogP contribution >= 0.6 is 31.9 Å². The summed E-state index contributed by atoms with van der Waals surface area (Å²) in [7, 11) is 3.14. The summed E-state index contributed by atoms with van der Waals surface area (Å²) in [5, 5.41) is 10.2. The van der Waals surface area contributed by atoms with Gasteiger partial charge in [-0.3, -0.25) is 0 Å². The maximum absolute atomic E-state index is 10.2. The molecule has 0 saturated carbocycles. The van der Waals surface area contributed by atoms with E-state index in [9.17, 15) is 5.11 Å². The molecular weight excluding hydrogens is 400 g/mol. The zero-order valence-corrected chi connectivity index (χ0v) is 15.2. The van der Waals surface area contributed by atoms with Gasteiger partial charge in [-0.2, -0.15) is 0 Å². The van der Waals surface area contributed by atoms with Crippen LogP contribution in [-0.2, 0) is 6.42 Å². The fourth-order valence-corrected chi connectivity index (χ4v) is 3.47. The number of benzene rings is 2. The highest BCUT2D eigenvalue weighted by atomic mass is 79.9. The van der Waals surface area contributed by atoms with Crippen molar-refractivity contribution in [2.24, 2.45) is 0 Å². The van der Waals surface area contributed by atoms with Crippen LogP contribution < -0.4 is 9.47 Å². The van der Waals surface area contributed by atoms with Crippen LogP contribution in [0, 0.1) is 6.92 Å². The van der Waals surface area contributed by atoms with E-state index in [1.807, 2.05) is 19.1 Å². The summed E-state index contributed by atoms with van der Waals surface area (Å²) < 4.78 is 12.5. The molecular formula is C16H16Br2O3. The number of rotatable bonds is 4. The second kappa shape index (κ2) is 6.71. The number of hydrogen-bond acceptors (Lipinski definition) is 3. The van der Waals surface area contributed by atoms with Crippen LogP contribution in [0.4, 0.5) is 0 Å². The van der Waals surface area contributed by atoms with E-state index in [0.29, 0.717) is 17.9 Å². The van der Waals surface area contributed by atoms with Gasteiger partial charge in [0.05, 0.1) is 14.2 Å². The zero-order valence-electron chi connectivity index (χ0n) is 12.0. The highest BCUT2D eigenvalue weighted by Gasteiger charge is 2.14. The van der Waals surface area contributed by atoms with Crippen molar-refractivity contribution in [1.82, 2.24) is 0 Å². The molecule has 0 aliphatic carbocycles. The van der Waals surface area contributed by atoms with Gasteiger partial charge >= 0.3 is 0 Å². The van der Waals surface area contributed by atoms with Crippen molar-refractivity contribution < 1.29 is 14.6 Å². The smallest absolute Gasteiger partial charge is 0.129 e. The van der Waals surface area contributed by atoms with Crippen LogP contribution in [-0.4, -0.2) is 19.3 Å². The van der Waals surface area contributed by atoms with Gasteiger partial charge in [0.2, 0.25) is 0 Å². The molecule has 2 aromatic rings. The summed E-state index contributed by atoms with van der Waals surface area (Å²) in [6.07, 6.45) is 0.572. The first-order chi connectivity index (χ1) is 9.96. The molecule has 0 saturated heterocycles. The first-order valence-corrected chi connectivity index (χ1v) is 7.93. The predicted molar refractivity (Wildman–Crippen MR) is 90.6 cm³/mol. The lowest BCUT2D eigenvalue weighted by Crippen LogP contribution is -1.98. The average Bonchev–Trinajstić information content (AvgIpc) is 2.45. The second-order valence-electron chi connectivity index (χ2n) is 4.68. The Labute approximate surface area is 141 Å². The lowest BCUT2D eigenvalue weighted by Gasteiger charge is -2.15. The minimum atomic E-state index is 0.168. The average molecular weight is 416 g/mol. The Morgan fingerprint density at radius 2 is 1.76 bits per heavy atom. The molecule has 3 nitrogen and oxygen atoms in total. The lowest BCUT2D eigenvalue weighted by molar-refractivity contribution is 0.380. The molecule has 0 bridgehead atoms. The van der Waals surface area contributed by atoms with Crippen molar-refractivity contribution in [3.8, 4) is 17.2 Å². The monoisotopic (exact) mass is 414 g/mol. The van der Waals surface area contributed by atoms with Gasteiger partial charge in [-0.25, -0.2) is 0 Å². The van der Waals surface area contributed by atoms with Crippen molar-refractivity contribution >= 4 is 31.9 Å². The third kappa shape index (κ3) is 3.52. The van der Waals surface area contributed by atoms with E-state index in [2.05, 4.69) is 31.9 Å². The van der Waals surface area contributed by atoms with Gasteiger partial charge in [-0.15, -0.1) is 0 Å². The molecule has 112 valence electrons. The highest BCUT2D eigenvalue weighted by molar-refractivity contribution is 9.11. The molecule has 0 aliphatic heterocycles. The molecule has 0 heterocycles. The Kier molecular flexibility index (Phi) is 5.17. The molecule has 0 aromatic heterocycles. The van der Waals surface area contributed by atoms with E-state index in [0.717, 1.165) is 25.6 Å². The molecule has 21 heavy (non-hydrogen) atoms. The summed E-state index contributed by atoms with van der Waals surface area (Å²) in [5.41, 5.74) is 2.98. The van der Waals surface area contributed by atoms with Crippen molar-refractivity contribution in [2.45, 2.75) is 13.3 Å². The molecule has 0 unspecified atom stereocenters. The van der Waals surface area contributed by atoms with Gasteiger partial charge in [0.1, 0.15) is 17.2 Å². The molecule has 0 amide bonds. The van der Waals surface area contributed by atoms with E-state index < -0.39 is 0 Å². The molecule has 5 heteroatoms. The van der Waals surface area contributed by atoms with Crippen molar-refractivity contribution in [1.29, 1.82) is 0 Å². The fourth-order valence-electron chi connectivity index (χ4n) is 2.16. The van der Waals surface area contributed by atoms with Crippen LogP contribution in [0.25, 0.3) is 0 Å². The third-order valence-corrected chi connectivity index (χ3v) is 4.68. The van der Waals surface area contributed by atoms with Gasteiger partial charge in [-0.05, 0) is 30.2 Å². The molecule has 1 N–H and O–H groups in total. The normalized spacial score (nSPS) is 10.5. The summed E-state index contributed by atoms with van der Waals surface area (Å²) >= 11 is 7.04. The van der Waals surface area contributed by atoms with Crippen LogP contribution in [0.1, 0.15) is 16.7 Å². The number of halogens is 2. The fraction of sp³-hybridized carbons (Fsp3) is 0.250. The largest absolute Gasteiger partial charge is 0.507 e. The van der Waals surface area contributed by atoms with Crippen LogP contribution in [0.3, 0.4) is 0 Å². The molecule has 0 atom stereocenters. The molecule has 0 fully saturated rings. The molecule has 2 rings (SSSR count). The summed E-state index contributed by atoms with van der Waals surface area (Å²) in [4.78, 5) is 0. The first kappa shape index (κ1) is 16.2. The van der Waals surface area contributed by atoms with Crippen molar-refractivity contribution in [3.63, 3.8) is 0 Å². The van der Waals surface area contributed by atoms with Crippen LogP contribution in [0.2, 0.25) is 0 Å². The zero-order chi connectivity index (χ0) is 15.6. The maximum Gasteiger partial charge on any atom is 0.129 e. The van der Waals surface area contributed by atoms with Crippen molar-refractivity contribution in [3.05, 3.63) is 49.9 Å². The predicted octanol–water partition coefficient (Wildman–Crippen LogP) is 4.83. The SMILES string of the molecule is COc1cc(O)c(Cc2cc(Br)cc(Br)c2C)c(OC)c1. The van der Waals surface area contributed by atoms with Gasteiger partial charge in [0, 0.05) is 33.1 Å². The highest BCUT2D eigenvalue weighted by Crippen LogP contribution is 2.36. The number of hydrogen-bond donors (Lipinski definition) is 1. The number of methoxy groups -OCH3 is 2. The number of phenolic OH excluding ortho intramolecular Hbond substituents is 1. The Morgan fingerprint density at radius 3 is 2.38 bits per heavy atom. The Balaban J connectivity index is 2.49. The first-order valence-electron chi connectivity index (χ1n) is 6.34. The molecule has 0 radical (unpaired) electrons. The summed E-state index contributed by atoms with van der Waals surface area (Å²) in [6.45, 7) is 2.04. The lowest BCUT2D eigenvalue weighted by atomic mass is 9.99. The van der Waals surface area contributed by atoms with E-state index in [1.165, 1.54) is 0 Å². The summed E-state index contributed by atoms with van der Waals surface area (Å²) in [6, 6.07) is 7.42. The van der Waals surface area contributed by atoms with Gasteiger partial charge in [0.25, 0.3) is 0 Å². The van der Waals surface area contributed by atoms with E-state index in [-0.39, 0.29) is 5.75 Å². The van der Waals surface area contributed by atoms with E-state index in [4.69, 9.17) is 9.47 Å². The number of ether oxygens (including phenoxy) is 2. The topological polar surface area (TPSA) is 38.7 Å².